The van der Waals surface area contributed by atoms with Gasteiger partial charge in [-0.2, -0.15) is 13.2 Å². The van der Waals surface area contributed by atoms with Crippen LogP contribution in [0, 0.1) is 11.8 Å². The Morgan fingerprint density at radius 1 is 1.05 bits per heavy atom. The Labute approximate surface area is 381 Å². The molecule has 4 rings (SSSR count). The Kier molecular flexibility index (Phi) is 17.5. The topological polar surface area (TPSA) is 198 Å². The van der Waals surface area contributed by atoms with Crippen LogP contribution in [0.25, 0.3) is 0 Å². The molecule has 5 N–H and O–H groups in total. The van der Waals surface area contributed by atoms with E-state index in [0.29, 0.717) is 41.2 Å². The molecule has 0 unspecified atom stereocenters. The number of rotatable bonds is 12. The lowest BCUT2D eigenvalue weighted by molar-refractivity contribution is -0.250. The molecule has 0 aromatic heterocycles. The summed E-state index contributed by atoms with van der Waals surface area (Å²) < 4.78 is 55.7. The second-order valence-electron chi connectivity index (χ2n) is 18.2. The van der Waals surface area contributed by atoms with Gasteiger partial charge in [0, 0.05) is 43.0 Å². The molecule has 1 aromatic rings. The molecule has 2 saturated heterocycles. The number of nitrogens with one attached hydrogen (secondary N) is 4. The van der Waals surface area contributed by atoms with Crippen molar-refractivity contribution in [2.75, 3.05) is 26.7 Å². The van der Waals surface area contributed by atoms with Crippen LogP contribution in [0.1, 0.15) is 98.5 Å². The van der Waals surface area contributed by atoms with Gasteiger partial charge in [-0.3, -0.25) is 33.6 Å². The van der Waals surface area contributed by atoms with Gasteiger partial charge in [-0.25, -0.2) is 4.39 Å². The summed E-state index contributed by atoms with van der Waals surface area (Å²) in [6, 6.07) is -2.17. The third-order valence-corrected chi connectivity index (χ3v) is 12.5. The van der Waals surface area contributed by atoms with Gasteiger partial charge in [0.2, 0.25) is 41.0 Å². The molecular weight excluding hydrogens is 889 g/mol. The van der Waals surface area contributed by atoms with Crippen molar-refractivity contribution in [1.29, 1.82) is 0 Å². The highest BCUT2D eigenvalue weighted by Gasteiger charge is 2.59. The van der Waals surface area contributed by atoms with Crippen molar-refractivity contribution >= 4 is 64.6 Å². The first kappa shape index (κ1) is 52.4. The second-order valence-corrected chi connectivity index (χ2v) is 19.1. The number of amides is 7. The molecule has 7 atom stereocenters. The number of hydrogen-bond donors (Lipinski definition) is 5. The van der Waals surface area contributed by atoms with Crippen molar-refractivity contribution in [3.05, 3.63) is 33.8 Å². The number of nitrogens with zero attached hydrogens (tertiary/aromatic N) is 3. The standard InChI is InChI=1S/C43H61Cl2F4N7O8/c1-8-17-55(38(61)33(24-12-13-24)52-35(58)32-21-27(46)22-56(32)40(63)42(6,64)43(47,48)49)30-11-9-10-16-50-39(62)41(4,5)53-36(59)31(20-25-19-26(44)14-15-28(25)45)54(7)37(60)29(18-23(2)3)51-34(30)57/h14-15,19,23-24,27,29-33,64H,8-13,16-18,20-22H2,1-7H3,(H,50,62)(H,51,57)(H,52,58)(H,53,59)/t27-,29+,30+,31+,32+,33+,42-/m1/s1. The third-order valence-electron chi connectivity index (χ3n) is 11.9. The second kappa shape index (κ2) is 21.4. The van der Waals surface area contributed by atoms with E-state index in [1.165, 1.54) is 30.7 Å². The molecule has 358 valence electrons. The number of alkyl halides is 4. The van der Waals surface area contributed by atoms with Gasteiger partial charge in [-0.05, 0) is 101 Å². The Morgan fingerprint density at radius 3 is 2.30 bits per heavy atom. The number of halogens is 6. The van der Waals surface area contributed by atoms with Gasteiger partial charge in [-0.1, -0.05) is 44.0 Å². The molecule has 2 aliphatic heterocycles. The van der Waals surface area contributed by atoms with Crippen LogP contribution in [0.2, 0.25) is 10.0 Å². The van der Waals surface area contributed by atoms with Crippen LogP contribution in [-0.2, 0) is 40.0 Å². The monoisotopic (exact) mass is 949 g/mol. The van der Waals surface area contributed by atoms with Crippen LogP contribution >= 0.6 is 23.2 Å². The molecule has 0 bridgehead atoms. The fourth-order valence-corrected chi connectivity index (χ4v) is 8.38. The van der Waals surface area contributed by atoms with Crippen molar-refractivity contribution in [2.45, 2.75) is 153 Å². The molecule has 2 heterocycles. The van der Waals surface area contributed by atoms with E-state index in [4.69, 9.17) is 23.2 Å². The Bertz CT molecular complexity index is 1920. The molecule has 1 aromatic carbocycles. The number of likely N-dealkylation sites (N-methyl/N-ethyl adjacent to an activating group) is 1. The molecule has 1 saturated carbocycles. The highest BCUT2D eigenvalue weighted by Crippen LogP contribution is 2.37. The van der Waals surface area contributed by atoms with Crippen LogP contribution in [0.15, 0.2) is 18.2 Å². The van der Waals surface area contributed by atoms with Crippen LogP contribution in [-0.4, -0.2) is 142 Å². The highest BCUT2D eigenvalue weighted by atomic mass is 35.5. The van der Waals surface area contributed by atoms with Crippen molar-refractivity contribution in [1.82, 2.24) is 36.0 Å². The zero-order valence-electron chi connectivity index (χ0n) is 37.3. The Balaban J connectivity index is 1.71. The fraction of sp³-hybridized carbons (Fsp3) is 0.698. The van der Waals surface area contributed by atoms with Crippen molar-refractivity contribution in [2.24, 2.45) is 11.8 Å². The minimum Gasteiger partial charge on any atom is -0.373 e. The van der Waals surface area contributed by atoms with E-state index >= 15 is 0 Å². The predicted molar refractivity (Wildman–Crippen MR) is 229 cm³/mol. The van der Waals surface area contributed by atoms with Crippen molar-refractivity contribution in [3.8, 4) is 0 Å². The largest absolute Gasteiger partial charge is 0.426 e. The maximum Gasteiger partial charge on any atom is 0.426 e. The first-order valence-corrected chi connectivity index (χ1v) is 22.4. The van der Waals surface area contributed by atoms with Crippen LogP contribution in [0.3, 0.4) is 0 Å². The SMILES string of the molecule is CCCN(C(=O)[C@@H](NC(=O)[C@@H]1C[C@@H](F)CN1C(=O)[C@@](C)(O)C(F)(F)F)C1CC1)[C@H]1CCCCNC(=O)C(C)(C)NC(=O)[C@H](Cc2cc(Cl)ccc2Cl)N(C)C(=O)[C@H](CC(C)C)NC1=O. The number of benzene rings is 1. The molecule has 0 radical (unpaired) electrons. The molecule has 15 nitrogen and oxygen atoms in total. The van der Waals surface area contributed by atoms with Gasteiger partial charge in [0.15, 0.2) is 0 Å². The van der Waals surface area contributed by atoms with Crippen molar-refractivity contribution in [3.63, 3.8) is 0 Å². The molecule has 3 fully saturated rings. The predicted octanol–water partition coefficient (Wildman–Crippen LogP) is 3.84. The number of aliphatic hydroxyl groups is 1. The highest BCUT2D eigenvalue weighted by molar-refractivity contribution is 6.33. The summed E-state index contributed by atoms with van der Waals surface area (Å²) in [4.78, 5) is 101. The number of carbonyl (C=O) groups is 7. The maximum atomic E-state index is 14.7. The molecule has 3 aliphatic rings. The van der Waals surface area contributed by atoms with E-state index in [1.807, 2.05) is 13.8 Å². The summed E-state index contributed by atoms with van der Waals surface area (Å²) in [5.41, 5.74) is -4.93. The summed E-state index contributed by atoms with van der Waals surface area (Å²) >= 11 is 12.8. The summed E-state index contributed by atoms with van der Waals surface area (Å²) in [7, 11) is 1.39. The normalized spacial score (nSPS) is 25.5. The summed E-state index contributed by atoms with van der Waals surface area (Å²) in [5.74, 6) is -6.94. The lowest BCUT2D eigenvalue weighted by Gasteiger charge is -2.37. The summed E-state index contributed by atoms with van der Waals surface area (Å²) in [5, 5.41) is 21.7. The van der Waals surface area contributed by atoms with Crippen LogP contribution < -0.4 is 21.3 Å². The van der Waals surface area contributed by atoms with E-state index in [1.54, 1.807) is 25.1 Å². The summed E-state index contributed by atoms with van der Waals surface area (Å²) in [6.07, 6.45) is -6.15. The Hall–Kier alpha value is -4.23. The number of likely N-dealkylation sites (tertiary alicyclic amines) is 1. The first-order valence-electron chi connectivity index (χ1n) is 21.7. The lowest BCUT2D eigenvalue weighted by atomic mass is 9.97. The summed E-state index contributed by atoms with van der Waals surface area (Å²) in [6.45, 7) is 7.88. The molecule has 21 heteroatoms. The van der Waals surface area contributed by atoms with E-state index in [0.717, 1.165) is 0 Å². The average molecular weight is 951 g/mol. The molecule has 7 amide bonds. The molecule has 1 aliphatic carbocycles. The first-order chi connectivity index (χ1) is 29.7. The zero-order valence-corrected chi connectivity index (χ0v) is 38.8. The molecular formula is C43H61Cl2F4N7O8. The maximum absolute atomic E-state index is 14.7. The number of hydrogen-bond acceptors (Lipinski definition) is 8. The van der Waals surface area contributed by atoms with Gasteiger partial charge in [-0.15, -0.1) is 0 Å². The van der Waals surface area contributed by atoms with E-state index in [-0.39, 0.29) is 56.6 Å². The van der Waals surface area contributed by atoms with E-state index in [9.17, 15) is 56.2 Å². The minimum atomic E-state index is -5.43. The number of carbonyl (C=O) groups excluding carboxylic acids is 7. The van der Waals surface area contributed by atoms with Crippen LogP contribution in [0.5, 0.6) is 0 Å². The van der Waals surface area contributed by atoms with Gasteiger partial charge >= 0.3 is 6.18 Å². The lowest BCUT2D eigenvalue weighted by Crippen LogP contribution is -2.63. The fourth-order valence-electron chi connectivity index (χ4n) is 7.99. The van der Waals surface area contributed by atoms with E-state index < -0.39 is 114 Å². The van der Waals surface area contributed by atoms with Gasteiger partial charge in [0.1, 0.15) is 41.9 Å². The van der Waals surface area contributed by atoms with Gasteiger partial charge in [0.05, 0.1) is 6.54 Å². The smallest absolute Gasteiger partial charge is 0.373 e. The van der Waals surface area contributed by atoms with Crippen LogP contribution in [0.4, 0.5) is 17.6 Å². The molecule has 64 heavy (non-hydrogen) atoms. The molecule has 0 spiro atoms. The van der Waals surface area contributed by atoms with Crippen molar-refractivity contribution < 1.29 is 56.2 Å². The average Bonchev–Trinajstić information content (AvgIpc) is 3.97. The Morgan fingerprint density at radius 2 is 1.70 bits per heavy atom. The third kappa shape index (κ3) is 12.8. The van der Waals surface area contributed by atoms with Gasteiger partial charge in [0.25, 0.3) is 5.91 Å². The zero-order chi connectivity index (χ0) is 48.1. The quantitative estimate of drug-likeness (QED) is 0.195. The minimum absolute atomic E-state index is 0.0126. The van der Waals surface area contributed by atoms with E-state index in [2.05, 4.69) is 21.3 Å². The van der Waals surface area contributed by atoms with Gasteiger partial charge < -0.3 is 41.1 Å².